The van der Waals surface area contributed by atoms with Gasteiger partial charge in [-0.3, -0.25) is 10.2 Å². The van der Waals surface area contributed by atoms with Gasteiger partial charge in [0.15, 0.2) is 0 Å². The van der Waals surface area contributed by atoms with Crippen molar-refractivity contribution in [2.75, 3.05) is 10.7 Å². The Morgan fingerprint density at radius 1 is 1.08 bits per heavy atom. The number of halogens is 2. The standard InChI is InChI=1S/C26H19F2N7O2/c1-15-31-25(34-37-15)24-18(5-4-6-19(24)27)16-9-10-17(20(28)13-16)14-30-26-32-21-7-2-3-8-22(21)35(26)33-23(36)11-12-29/h2-10,13H,11,14H2,1H3,(H,30,32)(H,33,36). The number of hydrogen-bond acceptors (Lipinski definition) is 7. The van der Waals surface area contributed by atoms with Crippen LogP contribution < -0.4 is 10.7 Å². The summed E-state index contributed by atoms with van der Waals surface area (Å²) in [6, 6.07) is 17.9. The fourth-order valence-electron chi connectivity index (χ4n) is 3.92. The van der Waals surface area contributed by atoms with Gasteiger partial charge in [-0.15, -0.1) is 0 Å². The van der Waals surface area contributed by atoms with Gasteiger partial charge in [0.2, 0.25) is 17.7 Å². The van der Waals surface area contributed by atoms with Crippen LogP contribution in [0.2, 0.25) is 0 Å². The average Bonchev–Trinajstić information content (AvgIpc) is 3.46. The van der Waals surface area contributed by atoms with Gasteiger partial charge in [-0.05, 0) is 35.4 Å². The number of rotatable bonds is 7. The van der Waals surface area contributed by atoms with Crippen LogP contribution in [0.3, 0.4) is 0 Å². The van der Waals surface area contributed by atoms with Gasteiger partial charge in [0.05, 0.1) is 22.7 Å². The minimum absolute atomic E-state index is 0.0452. The van der Waals surface area contributed by atoms with Crippen LogP contribution in [0.5, 0.6) is 0 Å². The second-order valence-corrected chi connectivity index (χ2v) is 8.09. The number of nitrogens with zero attached hydrogens (tertiary/aromatic N) is 5. The number of carbonyl (C=O) groups excluding carboxylic acids is 1. The largest absolute Gasteiger partial charge is 0.350 e. The number of para-hydroxylation sites is 2. The fraction of sp³-hybridized carbons (Fsp3) is 0.115. The number of nitriles is 1. The molecule has 0 unspecified atom stereocenters. The molecule has 2 N–H and O–H groups in total. The van der Waals surface area contributed by atoms with E-state index in [1.807, 2.05) is 0 Å². The molecule has 5 rings (SSSR count). The maximum absolute atomic E-state index is 15.2. The first-order valence-electron chi connectivity index (χ1n) is 11.2. The summed E-state index contributed by atoms with van der Waals surface area (Å²) in [7, 11) is 0. The number of carbonyl (C=O) groups is 1. The number of aromatic nitrogens is 4. The third-order valence-corrected chi connectivity index (χ3v) is 5.60. The lowest BCUT2D eigenvalue weighted by Gasteiger charge is -2.13. The van der Waals surface area contributed by atoms with Crippen molar-refractivity contribution in [3.8, 4) is 28.6 Å². The minimum atomic E-state index is -0.554. The number of fused-ring (bicyclic) bond motifs is 1. The molecule has 0 atom stereocenters. The molecule has 0 fully saturated rings. The summed E-state index contributed by atoms with van der Waals surface area (Å²) in [5.41, 5.74) is 5.14. The normalized spacial score (nSPS) is 10.9. The van der Waals surface area contributed by atoms with Gasteiger partial charge in [0.25, 0.3) is 5.91 Å². The molecule has 0 spiro atoms. The van der Waals surface area contributed by atoms with Gasteiger partial charge in [-0.2, -0.15) is 10.2 Å². The van der Waals surface area contributed by atoms with Crippen LogP contribution in [-0.2, 0) is 11.3 Å². The van der Waals surface area contributed by atoms with E-state index in [0.29, 0.717) is 27.7 Å². The fourth-order valence-corrected chi connectivity index (χ4v) is 3.92. The Morgan fingerprint density at radius 2 is 1.92 bits per heavy atom. The zero-order chi connectivity index (χ0) is 25.9. The molecule has 0 aliphatic carbocycles. The van der Waals surface area contributed by atoms with Crippen molar-refractivity contribution in [3.63, 3.8) is 0 Å². The summed E-state index contributed by atoms with van der Waals surface area (Å²) < 4.78 is 36.3. The summed E-state index contributed by atoms with van der Waals surface area (Å²) in [5.74, 6) is -0.953. The Kier molecular flexibility index (Phi) is 6.30. The summed E-state index contributed by atoms with van der Waals surface area (Å²) in [6.07, 6.45) is -0.326. The van der Waals surface area contributed by atoms with Gasteiger partial charge in [0, 0.05) is 19.0 Å². The molecule has 0 radical (unpaired) electrons. The van der Waals surface area contributed by atoms with Crippen molar-refractivity contribution in [3.05, 3.63) is 83.8 Å². The molecule has 184 valence electrons. The molecule has 1 amide bonds. The molecule has 37 heavy (non-hydrogen) atoms. The van der Waals surface area contributed by atoms with Crippen molar-refractivity contribution in [2.24, 2.45) is 0 Å². The van der Waals surface area contributed by atoms with E-state index in [1.54, 1.807) is 55.5 Å². The molecule has 0 saturated heterocycles. The van der Waals surface area contributed by atoms with E-state index >= 15 is 4.39 Å². The van der Waals surface area contributed by atoms with Crippen LogP contribution in [0.15, 0.2) is 65.2 Å². The Morgan fingerprint density at radius 3 is 2.68 bits per heavy atom. The molecule has 2 aromatic heterocycles. The summed E-state index contributed by atoms with van der Waals surface area (Å²) in [4.78, 5) is 20.6. The van der Waals surface area contributed by atoms with E-state index in [1.165, 1.54) is 22.9 Å². The van der Waals surface area contributed by atoms with Crippen molar-refractivity contribution in [1.29, 1.82) is 5.26 Å². The molecule has 9 nitrogen and oxygen atoms in total. The molecule has 0 saturated carbocycles. The number of hydrogen-bond donors (Lipinski definition) is 2. The Hall–Kier alpha value is -5.11. The molecule has 3 aromatic carbocycles. The second-order valence-electron chi connectivity index (χ2n) is 8.09. The third kappa shape index (κ3) is 4.72. The van der Waals surface area contributed by atoms with Gasteiger partial charge in [0.1, 0.15) is 18.1 Å². The molecule has 0 aliphatic rings. The molecule has 0 aliphatic heterocycles. The highest BCUT2D eigenvalue weighted by molar-refractivity contribution is 5.89. The molecular weight excluding hydrogens is 480 g/mol. The first-order chi connectivity index (χ1) is 17.9. The molecule has 2 heterocycles. The van der Waals surface area contributed by atoms with Crippen molar-refractivity contribution in [1.82, 2.24) is 19.8 Å². The Bertz CT molecular complexity index is 1670. The smallest absolute Gasteiger partial charge is 0.253 e. The Labute approximate surface area is 209 Å². The number of nitrogens with one attached hydrogen (secondary N) is 2. The van der Waals surface area contributed by atoms with Gasteiger partial charge in [-0.25, -0.2) is 18.4 Å². The molecule has 5 aromatic rings. The van der Waals surface area contributed by atoms with E-state index in [2.05, 4.69) is 25.9 Å². The average molecular weight is 499 g/mol. The van der Waals surface area contributed by atoms with Gasteiger partial charge < -0.3 is 9.84 Å². The lowest BCUT2D eigenvalue weighted by atomic mass is 9.97. The van der Waals surface area contributed by atoms with Crippen molar-refractivity contribution < 1.29 is 18.1 Å². The first kappa shape index (κ1) is 23.6. The highest BCUT2D eigenvalue weighted by Crippen LogP contribution is 2.33. The molecule has 0 bridgehead atoms. The number of anilines is 1. The topological polar surface area (TPSA) is 122 Å². The molecule has 11 heteroatoms. The quantitative estimate of drug-likeness (QED) is 0.325. The van der Waals surface area contributed by atoms with Crippen LogP contribution in [0.25, 0.3) is 33.5 Å². The van der Waals surface area contributed by atoms with Gasteiger partial charge in [-0.1, -0.05) is 41.6 Å². The highest BCUT2D eigenvalue weighted by Gasteiger charge is 2.19. The Balaban J connectivity index is 1.43. The number of amides is 1. The van der Waals surface area contributed by atoms with Crippen LogP contribution in [0, 0.1) is 29.9 Å². The maximum atomic E-state index is 15.2. The third-order valence-electron chi connectivity index (χ3n) is 5.60. The second kappa shape index (κ2) is 9.87. The van der Waals surface area contributed by atoms with Crippen molar-refractivity contribution in [2.45, 2.75) is 19.9 Å². The number of benzene rings is 3. The zero-order valence-corrected chi connectivity index (χ0v) is 19.5. The molecular formula is C26H19F2N7O2. The van der Waals surface area contributed by atoms with Gasteiger partial charge >= 0.3 is 0 Å². The van der Waals surface area contributed by atoms with E-state index in [4.69, 9.17) is 9.78 Å². The summed E-state index contributed by atoms with van der Waals surface area (Å²) in [6.45, 7) is 1.64. The summed E-state index contributed by atoms with van der Waals surface area (Å²) in [5, 5.41) is 15.7. The van der Waals surface area contributed by atoms with Crippen LogP contribution in [0.1, 0.15) is 17.9 Å². The first-order valence-corrected chi connectivity index (χ1v) is 11.2. The van der Waals surface area contributed by atoms with E-state index in [0.717, 1.165) is 0 Å². The van der Waals surface area contributed by atoms with Crippen LogP contribution >= 0.6 is 0 Å². The minimum Gasteiger partial charge on any atom is -0.350 e. The maximum Gasteiger partial charge on any atom is 0.253 e. The monoisotopic (exact) mass is 499 g/mol. The van der Waals surface area contributed by atoms with E-state index in [-0.39, 0.29) is 36.2 Å². The van der Waals surface area contributed by atoms with E-state index < -0.39 is 17.5 Å². The zero-order valence-electron chi connectivity index (χ0n) is 19.5. The summed E-state index contributed by atoms with van der Waals surface area (Å²) >= 11 is 0. The SMILES string of the molecule is Cc1nc(-c2c(F)cccc2-c2ccc(CNc3nc4ccccc4n3NC(=O)CC#N)c(F)c2)no1. The predicted octanol–water partition coefficient (Wildman–Crippen LogP) is 4.94. The van der Waals surface area contributed by atoms with Crippen LogP contribution in [0.4, 0.5) is 14.7 Å². The lowest BCUT2D eigenvalue weighted by Crippen LogP contribution is -2.24. The van der Waals surface area contributed by atoms with Crippen molar-refractivity contribution >= 4 is 22.9 Å². The van der Waals surface area contributed by atoms with Crippen LogP contribution in [-0.4, -0.2) is 25.7 Å². The predicted molar refractivity (Wildman–Crippen MR) is 131 cm³/mol. The number of aryl methyl sites for hydroxylation is 1. The lowest BCUT2D eigenvalue weighted by molar-refractivity contribution is -0.116. The van der Waals surface area contributed by atoms with E-state index in [9.17, 15) is 9.18 Å². The number of imidazole rings is 1. The highest BCUT2D eigenvalue weighted by atomic mass is 19.1.